The molecule has 0 spiro atoms. The van der Waals surface area contributed by atoms with Gasteiger partial charge in [-0.3, -0.25) is 4.68 Å². The van der Waals surface area contributed by atoms with Crippen molar-refractivity contribution in [2.45, 2.75) is 12.2 Å². The summed E-state index contributed by atoms with van der Waals surface area (Å²) in [4.78, 5) is 4.41. The van der Waals surface area contributed by atoms with Gasteiger partial charge in [-0.15, -0.1) is 11.3 Å². The van der Waals surface area contributed by atoms with Gasteiger partial charge in [-0.1, -0.05) is 0 Å². The van der Waals surface area contributed by atoms with Crippen molar-refractivity contribution in [3.63, 3.8) is 0 Å². The van der Waals surface area contributed by atoms with Crippen LogP contribution < -0.4 is 0 Å². The molecule has 1 fully saturated rings. The highest BCUT2D eigenvalue weighted by atomic mass is 32.2. The Morgan fingerprint density at radius 1 is 1.52 bits per heavy atom. The predicted octanol–water partition coefficient (Wildman–Crippen LogP) is 1.49. The van der Waals surface area contributed by atoms with Crippen molar-refractivity contribution in [1.82, 2.24) is 14.8 Å². The van der Waals surface area contributed by atoms with Crippen molar-refractivity contribution in [1.29, 1.82) is 0 Å². The lowest BCUT2D eigenvalue weighted by Crippen LogP contribution is -2.18. The van der Waals surface area contributed by atoms with Gasteiger partial charge in [0.1, 0.15) is 5.01 Å². The number of aromatic nitrogens is 3. The minimum absolute atomic E-state index is 0.000260. The molecule has 21 heavy (non-hydrogen) atoms. The monoisotopic (exact) mass is 327 g/mol. The highest BCUT2D eigenvalue weighted by Crippen LogP contribution is 2.24. The van der Waals surface area contributed by atoms with Crippen molar-refractivity contribution in [3.8, 4) is 10.6 Å². The molecule has 0 amide bonds. The Morgan fingerprint density at radius 2 is 2.38 bits per heavy atom. The van der Waals surface area contributed by atoms with Crippen LogP contribution in [0, 0.1) is 5.92 Å². The van der Waals surface area contributed by atoms with E-state index in [2.05, 4.69) is 10.1 Å². The molecule has 3 rings (SSSR count). The Bertz CT molecular complexity index is 715. The first-order valence-electron chi connectivity index (χ1n) is 6.73. The lowest BCUT2D eigenvalue weighted by atomic mass is 10.2. The second-order valence-electron chi connectivity index (χ2n) is 5.33. The largest absolute Gasteiger partial charge is 0.381 e. The quantitative estimate of drug-likeness (QED) is 0.832. The van der Waals surface area contributed by atoms with Gasteiger partial charge in [0.25, 0.3) is 0 Å². The van der Waals surface area contributed by atoms with Gasteiger partial charge in [-0.05, 0) is 12.3 Å². The molecule has 2 aromatic rings. The van der Waals surface area contributed by atoms with Crippen LogP contribution in [0.5, 0.6) is 0 Å². The number of hydrogen-bond acceptors (Lipinski definition) is 6. The number of aryl methyl sites for hydroxylation is 1. The van der Waals surface area contributed by atoms with E-state index in [1.54, 1.807) is 10.9 Å². The van der Waals surface area contributed by atoms with E-state index in [9.17, 15) is 8.42 Å². The zero-order chi connectivity index (χ0) is 14.9. The number of ether oxygens (including phenoxy) is 1. The fourth-order valence-corrected chi connectivity index (χ4v) is 4.99. The number of nitrogens with zero attached hydrogens (tertiary/aromatic N) is 3. The summed E-state index contributed by atoms with van der Waals surface area (Å²) in [5, 5.41) is 6.71. The summed E-state index contributed by atoms with van der Waals surface area (Å²) in [6.07, 6.45) is 4.43. The zero-order valence-corrected chi connectivity index (χ0v) is 13.4. The Hall–Kier alpha value is -1.25. The van der Waals surface area contributed by atoms with Crippen molar-refractivity contribution in [2.24, 2.45) is 13.0 Å². The summed E-state index contributed by atoms with van der Waals surface area (Å²) in [7, 11) is -1.30. The number of thiazole rings is 1. The van der Waals surface area contributed by atoms with Crippen LogP contribution in [0.25, 0.3) is 10.6 Å². The summed E-state index contributed by atoms with van der Waals surface area (Å²) in [5.41, 5.74) is 1.52. The molecule has 0 radical (unpaired) electrons. The summed E-state index contributed by atoms with van der Waals surface area (Å²) in [6, 6.07) is 0. The number of sulfone groups is 1. The van der Waals surface area contributed by atoms with E-state index in [-0.39, 0.29) is 17.4 Å². The maximum atomic E-state index is 12.2. The van der Waals surface area contributed by atoms with E-state index < -0.39 is 9.84 Å². The third-order valence-electron chi connectivity index (χ3n) is 3.38. The Kier molecular flexibility index (Phi) is 4.10. The average Bonchev–Trinajstić information content (AvgIpc) is 3.10. The molecular formula is C13H17N3O3S2. The molecule has 114 valence electrons. The maximum Gasteiger partial charge on any atom is 0.156 e. The van der Waals surface area contributed by atoms with Crippen LogP contribution in [-0.2, 0) is 27.4 Å². The van der Waals surface area contributed by atoms with Gasteiger partial charge < -0.3 is 4.74 Å². The van der Waals surface area contributed by atoms with Crippen molar-refractivity contribution in [2.75, 3.05) is 19.0 Å². The highest BCUT2D eigenvalue weighted by Gasteiger charge is 2.24. The first kappa shape index (κ1) is 14.7. The second kappa shape index (κ2) is 5.86. The van der Waals surface area contributed by atoms with Crippen molar-refractivity contribution >= 4 is 21.2 Å². The molecule has 0 unspecified atom stereocenters. The van der Waals surface area contributed by atoms with Gasteiger partial charge in [-0.2, -0.15) is 5.10 Å². The summed E-state index contributed by atoms with van der Waals surface area (Å²) >= 11 is 1.45. The average molecular weight is 327 g/mol. The predicted molar refractivity (Wildman–Crippen MR) is 80.7 cm³/mol. The normalized spacial score (nSPS) is 19.2. The minimum Gasteiger partial charge on any atom is -0.381 e. The lowest BCUT2D eigenvalue weighted by molar-refractivity contribution is 0.188. The number of hydrogen-bond donors (Lipinski definition) is 0. The van der Waals surface area contributed by atoms with Gasteiger partial charge in [0.2, 0.25) is 0 Å². The van der Waals surface area contributed by atoms with E-state index in [1.807, 2.05) is 18.6 Å². The Balaban J connectivity index is 1.68. The standard InChI is InChI=1S/C13H17N3O3S2/c1-16-5-11(4-14-16)13-15-12(7-20-13)9-21(17,18)8-10-2-3-19-6-10/h4-5,7,10H,2-3,6,8-9H2,1H3/t10-/m0/s1. The van der Waals surface area contributed by atoms with Crippen LogP contribution in [0.15, 0.2) is 17.8 Å². The summed E-state index contributed by atoms with van der Waals surface area (Å²) < 4.78 is 31.3. The molecule has 8 heteroatoms. The SMILES string of the molecule is Cn1cc(-c2nc(CS(=O)(=O)C[C@H]3CCOC3)cs2)cn1. The molecular weight excluding hydrogens is 310 g/mol. The zero-order valence-electron chi connectivity index (χ0n) is 11.7. The first-order chi connectivity index (χ1) is 10.0. The van der Waals surface area contributed by atoms with E-state index in [1.165, 1.54) is 11.3 Å². The molecule has 1 aliphatic rings. The molecule has 3 heterocycles. The Labute approximate surface area is 127 Å². The molecule has 1 saturated heterocycles. The summed E-state index contributed by atoms with van der Waals surface area (Å²) in [5.74, 6) is 0.318. The molecule has 0 N–H and O–H groups in total. The fraction of sp³-hybridized carbons (Fsp3) is 0.538. The molecule has 1 aliphatic heterocycles. The molecule has 0 saturated carbocycles. The van der Waals surface area contributed by atoms with Crippen LogP contribution in [0.3, 0.4) is 0 Å². The van der Waals surface area contributed by atoms with Crippen molar-refractivity contribution < 1.29 is 13.2 Å². The molecule has 6 nitrogen and oxygen atoms in total. The van der Waals surface area contributed by atoms with Crippen molar-refractivity contribution in [3.05, 3.63) is 23.5 Å². The van der Waals surface area contributed by atoms with Crippen LogP contribution in [0.4, 0.5) is 0 Å². The molecule has 0 aliphatic carbocycles. The molecule has 0 aromatic carbocycles. The van der Waals surface area contributed by atoms with Gasteiger partial charge in [0, 0.05) is 30.8 Å². The lowest BCUT2D eigenvalue weighted by Gasteiger charge is -2.07. The third-order valence-corrected chi connectivity index (χ3v) is 6.04. The maximum absolute atomic E-state index is 12.2. The van der Waals surface area contributed by atoms with E-state index in [0.29, 0.717) is 18.9 Å². The Morgan fingerprint density at radius 3 is 3.05 bits per heavy atom. The minimum atomic E-state index is -3.14. The van der Waals surface area contributed by atoms with E-state index >= 15 is 0 Å². The van der Waals surface area contributed by atoms with E-state index in [0.717, 1.165) is 17.0 Å². The van der Waals surface area contributed by atoms with E-state index in [4.69, 9.17) is 4.74 Å². The molecule has 2 aromatic heterocycles. The second-order valence-corrected chi connectivity index (χ2v) is 8.30. The highest BCUT2D eigenvalue weighted by molar-refractivity contribution is 7.90. The van der Waals surface area contributed by atoms with Gasteiger partial charge in [0.15, 0.2) is 9.84 Å². The molecule has 0 bridgehead atoms. The van der Waals surface area contributed by atoms with Crippen LogP contribution in [0.1, 0.15) is 12.1 Å². The van der Waals surface area contributed by atoms with Crippen LogP contribution in [0.2, 0.25) is 0 Å². The fourth-order valence-electron chi connectivity index (χ4n) is 2.40. The smallest absolute Gasteiger partial charge is 0.156 e. The van der Waals surface area contributed by atoms with Crippen LogP contribution >= 0.6 is 11.3 Å². The van der Waals surface area contributed by atoms with Gasteiger partial charge >= 0.3 is 0 Å². The third kappa shape index (κ3) is 3.69. The van der Waals surface area contributed by atoms with Crippen LogP contribution in [-0.4, -0.2) is 42.1 Å². The topological polar surface area (TPSA) is 74.1 Å². The van der Waals surface area contributed by atoms with Gasteiger partial charge in [-0.25, -0.2) is 13.4 Å². The molecule has 1 atom stereocenters. The summed E-state index contributed by atoms with van der Waals surface area (Å²) in [6.45, 7) is 1.22. The van der Waals surface area contributed by atoms with Gasteiger partial charge in [0.05, 0.1) is 30.0 Å². The first-order valence-corrected chi connectivity index (χ1v) is 9.43. The number of rotatable bonds is 5.